The molecule has 2 rings (SSSR count). The van der Waals surface area contributed by atoms with Gasteiger partial charge in [-0.15, -0.1) is 0 Å². The number of hydrogen-bond donors (Lipinski definition) is 0. The molecule has 0 aliphatic carbocycles. The van der Waals surface area contributed by atoms with Gasteiger partial charge in [0.15, 0.2) is 6.61 Å². The highest BCUT2D eigenvalue weighted by Crippen LogP contribution is 2.20. The summed E-state index contributed by atoms with van der Waals surface area (Å²) >= 11 is 0. The van der Waals surface area contributed by atoms with Crippen LogP contribution in [0.2, 0.25) is 0 Å². The lowest BCUT2D eigenvalue weighted by Crippen LogP contribution is -2.54. The highest BCUT2D eigenvalue weighted by atomic mass is 16.5. The highest BCUT2D eigenvalue weighted by molar-refractivity contribution is 5.78. The van der Waals surface area contributed by atoms with Crippen LogP contribution in [0.25, 0.3) is 0 Å². The van der Waals surface area contributed by atoms with Gasteiger partial charge in [-0.2, -0.15) is 0 Å². The number of ether oxygens (including phenoxy) is 2. The van der Waals surface area contributed by atoms with Gasteiger partial charge in [0.1, 0.15) is 11.8 Å². The van der Waals surface area contributed by atoms with Crippen molar-refractivity contribution in [3.63, 3.8) is 0 Å². The van der Waals surface area contributed by atoms with Gasteiger partial charge < -0.3 is 14.4 Å². The van der Waals surface area contributed by atoms with Crippen LogP contribution in [0.15, 0.2) is 18.2 Å². The van der Waals surface area contributed by atoms with E-state index in [0.717, 1.165) is 16.9 Å². The molecule has 6 nitrogen and oxygen atoms in total. The third-order valence-corrected chi connectivity index (χ3v) is 4.75. The van der Waals surface area contributed by atoms with Gasteiger partial charge in [0.2, 0.25) is 0 Å². The van der Waals surface area contributed by atoms with Crippen molar-refractivity contribution in [1.82, 2.24) is 9.80 Å². The topological polar surface area (TPSA) is 59.1 Å². The van der Waals surface area contributed by atoms with Gasteiger partial charge >= 0.3 is 5.97 Å². The van der Waals surface area contributed by atoms with Crippen LogP contribution in [0.3, 0.4) is 0 Å². The van der Waals surface area contributed by atoms with E-state index in [-0.39, 0.29) is 24.5 Å². The van der Waals surface area contributed by atoms with Crippen molar-refractivity contribution in [2.45, 2.75) is 33.7 Å². The monoisotopic (exact) mass is 348 g/mol. The van der Waals surface area contributed by atoms with Crippen molar-refractivity contribution in [3.05, 3.63) is 29.3 Å². The van der Waals surface area contributed by atoms with E-state index in [0.29, 0.717) is 32.8 Å². The number of carbonyl (C=O) groups excluding carboxylic acids is 2. The maximum atomic E-state index is 12.4. The summed E-state index contributed by atoms with van der Waals surface area (Å²) < 4.78 is 10.8. The zero-order chi connectivity index (χ0) is 18.4. The van der Waals surface area contributed by atoms with Gasteiger partial charge in [-0.3, -0.25) is 14.5 Å². The van der Waals surface area contributed by atoms with Crippen molar-refractivity contribution in [2.24, 2.45) is 0 Å². The second-order valence-corrected chi connectivity index (χ2v) is 6.33. The van der Waals surface area contributed by atoms with Crippen LogP contribution in [0, 0.1) is 13.8 Å². The number of aryl methyl sites for hydroxylation is 1. The summed E-state index contributed by atoms with van der Waals surface area (Å²) in [6.45, 7) is 10.6. The fraction of sp³-hybridized carbons (Fsp3) is 0.579. The standard InChI is InChI=1S/C19H28N2O4/c1-5-24-19(23)16(4)20-9-11-21(12-10-20)18(22)13-25-17-8-6-7-14(2)15(17)3/h6-8,16H,5,9-13H2,1-4H3. The van der Waals surface area contributed by atoms with Crippen molar-refractivity contribution in [3.8, 4) is 5.75 Å². The average molecular weight is 348 g/mol. The Morgan fingerprint density at radius 2 is 1.84 bits per heavy atom. The molecule has 1 saturated heterocycles. The molecular formula is C19H28N2O4. The number of carbonyl (C=O) groups is 2. The van der Waals surface area contributed by atoms with E-state index in [4.69, 9.17) is 9.47 Å². The average Bonchev–Trinajstić information content (AvgIpc) is 2.62. The fourth-order valence-electron chi connectivity index (χ4n) is 2.88. The quantitative estimate of drug-likeness (QED) is 0.734. The lowest BCUT2D eigenvalue weighted by Gasteiger charge is -2.37. The maximum Gasteiger partial charge on any atom is 0.323 e. The van der Waals surface area contributed by atoms with E-state index in [2.05, 4.69) is 0 Å². The van der Waals surface area contributed by atoms with Crippen molar-refractivity contribution < 1.29 is 19.1 Å². The van der Waals surface area contributed by atoms with Crippen LogP contribution >= 0.6 is 0 Å². The number of amides is 1. The minimum Gasteiger partial charge on any atom is -0.483 e. The Balaban J connectivity index is 1.81. The third-order valence-electron chi connectivity index (χ3n) is 4.75. The first-order chi connectivity index (χ1) is 11.9. The number of hydrogen-bond acceptors (Lipinski definition) is 5. The van der Waals surface area contributed by atoms with E-state index in [9.17, 15) is 9.59 Å². The van der Waals surface area contributed by atoms with Gasteiger partial charge in [0.05, 0.1) is 6.61 Å². The molecule has 1 heterocycles. The lowest BCUT2D eigenvalue weighted by molar-refractivity contribution is -0.150. The van der Waals surface area contributed by atoms with Gasteiger partial charge in [-0.05, 0) is 44.9 Å². The summed E-state index contributed by atoms with van der Waals surface area (Å²) in [7, 11) is 0. The van der Waals surface area contributed by atoms with Gasteiger partial charge in [0.25, 0.3) is 5.91 Å². The molecule has 6 heteroatoms. The highest BCUT2D eigenvalue weighted by Gasteiger charge is 2.28. The minimum absolute atomic E-state index is 0.0238. The Bertz CT molecular complexity index is 609. The van der Waals surface area contributed by atoms with Gasteiger partial charge in [0, 0.05) is 26.2 Å². The molecule has 25 heavy (non-hydrogen) atoms. The van der Waals surface area contributed by atoms with E-state index in [1.807, 2.05) is 43.9 Å². The second kappa shape index (κ2) is 8.85. The molecule has 1 aromatic carbocycles. The Morgan fingerprint density at radius 3 is 2.48 bits per heavy atom. The van der Waals surface area contributed by atoms with Crippen LogP contribution < -0.4 is 4.74 Å². The van der Waals surface area contributed by atoms with Gasteiger partial charge in [-0.25, -0.2) is 0 Å². The zero-order valence-electron chi connectivity index (χ0n) is 15.6. The van der Waals surface area contributed by atoms with Crippen molar-refractivity contribution >= 4 is 11.9 Å². The molecule has 1 aromatic rings. The molecule has 1 aliphatic rings. The Labute approximate surface area is 149 Å². The summed E-state index contributed by atoms with van der Waals surface area (Å²) in [5.74, 6) is 0.521. The number of benzene rings is 1. The Morgan fingerprint density at radius 1 is 1.16 bits per heavy atom. The van der Waals surface area contributed by atoms with Crippen LogP contribution in [-0.2, 0) is 14.3 Å². The molecule has 0 radical (unpaired) electrons. The second-order valence-electron chi connectivity index (χ2n) is 6.33. The smallest absolute Gasteiger partial charge is 0.323 e. The molecule has 1 atom stereocenters. The summed E-state index contributed by atoms with van der Waals surface area (Å²) in [5, 5.41) is 0. The zero-order valence-corrected chi connectivity index (χ0v) is 15.6. The normalized spacial score (nSPS) is 16.4. The summed E-state index contributed by atoms with van der Waals surface area (Å²) in [4.78, 5) is 28.0. The first-order valence-corrected chi connectivity index (χ1v) is 8.81. The molecule has 1 fully saturated rings. The van der Waals surface area contributed by atoms with Crippen LogP contribution in [0.4, 0.5) is 0 Å². The number of piperazine rings is 1. The van der Waals surface area contributed by atoms with Crippen molar-refractivity contribution in [2.75, 3.05) is 39.4 Å². The molecule has 138 valence electrons. The summed E-state index contributed by atoms with van der Waals surface area (Å²) in [5.41, 5.74) is 2.20. The number of nitrogens with zero attached hydrogens (tertiary/aromatic N) is 2. The van der Waals surface area contributed by atoms with Crippen molar-refractivity contribution in [1.29, 1.82) is 0 Å². The first-order valence-electron chi connectivity index (χ1n) is 8.81. The third kappa shape index (κ3) is 4.95. The van der Waals surface area contributed by atoms with Crippen LogP contribution in [0.1, 0.15) is 25.0 Å². The lowest BCUT2D eigenvalue weighted by atomic mass is 10.1. The largest absolute Gasteiger partial charge is 0.483 e. The molecule has 1 unspecified atom stereocenters. The summed E-state index contributed by atoms with van der Waals surface area (Å²) in [6.07, 6.45) is 0. The molecule has 0 spiro atoms. The van der Waals surface area contributed by atoms with E-state index in [1.54, 1.807) is 11.8 Å². The first kappa shape index (κ1) is 19.2. The van der Waals surface area contributed by atoms with E-state index < -0.39 is 0 Å². The minimum atomic E-state index is -0.275. The molecule has 0 aromatic heterocycles. The molecular weight excluding hydrogens is 320 g/mol. The molecule has 0 saturated carbocycles. The predicted molar refractivity (Wildman–Crippen MR) is 95.7 cm³/mol. The number of rotatable bonds is 6. The predicted octanol–water partition coefficient (Wildman–Crippen LogP) is 1.78. The number of esters is 1. The molecule has 1 aliphatic heterocycles. The van der Waals surface area contributed by atoms with Crippen LogP contribution in [-0.4, -0.2) is 67.1 Å². The molecule has 1 amide bonds. The SMILES string of the molecule is CCOC(=O)C(C)N1CCN(C(=O)COc2cccc(C)c2C)CC1. The van der Waals surface area contributed by atoms with E-state index >= 15 is 0 Å². The van der Waals surface area contributed by atoms with E-state index in [1.165, 1.54) is 0 Å². The van der Waals surface area contributed by atoms with Gasteiger partial charge in [-0.1, -0.05) is 12.1 Å². The molecule has 0 bridgehead atoms. The summed E-state index contributed by atoms with van der Waals surface area (Å²) in [6, 6.07) is 5.56. The fourth-order valence-corrected chi connectivity index (χ4v) is 2.88. The Kier molecular flexibility index (Phi) is 6.82. The molecule has 0 N–H and O–H groups in total. The Hall–Kier alpha value is -2.08. The maximum absolute atomic E-state index is 12.4. The van der Waals surface area contributed by atoms with Crippen LogP contribution in [0.5, 0.6) is 5.75 Å².